The van der Waals surface area contributed by atoms with Crippen molar-refractivity contribution in [2.24, 2.45) is 5.92 Å². The van der Waals surface area contributed by atoms with Crippen LogP contribution in [0.15, 0.2) is 29.2 Å². The van der Waals surface area contributed by atoms with E-state index in [0.717, 1.165) is 61.7 Å². The quantitative estimate of drug-likeness (QED) is 0.357. The van der Waals surface area contributed by atoms with Crippen molar-refractivity contribution in [3.05, 3.63) is 46.0 Å². The normalized spacial score (nSPS) is 17.1. The van der Waals surface area contributed by atoms with Crippen molar-refractivity contribution in [3.63, 3.8) is 0 Å². The SMILES string of the molecule is CCOC(=O)c1sc(Nc2nc3c(c(N4CCCC(CO)C4)n2)CCN3Cc2ccc(S(C)(=O)=O)cc2)nc1C. The summed E-state index contributed by atoms with van der Waals surface area (Å²) in [6, 6.07) is 6.94. The average Bonchev–Trinajstić information content (AvgIpc) is 3.51. The Balaban J connectivity index is 1.47. The molecule has 1 fully saturated rings. The molecule has 2 aliphatic heterocycles. The van der Waals surface area contributed by atoms with Gasteiger partial charge in [0, 0.05) is 44.6 Å². The summed E-state index contributed by atoms with van der Waals surface area (Å²) in [5, 5.41) is 13.5. The number of ether oxygens (including phenoxy) is 1. The summed E-state index contributed by atoms with van der Waals surface area (Å²) in [6.07, 6.45) is 3.93. The zero-order valence-electron chi connectivity index (χ0n) is 22.9. The van der Waals surface area contributed by atoms with Gasteiger partial charge in [0.2, 0.25) is 5.95 Å². The summed E-state index contributed by atoms with van der Waals surface area (Å²) < 4.78 is 28.9. The number of aliphatic hydroxyl groups is 1. The zero-order valence-corrected chi connectivity index (χ0v) is 24.5. The van der Waals surface area contributed by atoms with Gasteiger partial charge in [0.15, 0.2) is 15.0 Å². The number of aromatic nitrogens is 3. The molecule has 0 saturated carbocycles. The fourth-order valence-corrected chi connectivity index (χ4v) is 6.65. The van der Waals surface area contributed by atoms with E-state index in [1.165, 1.54) is 17.6 Å². The molecule has 5 rings (SSSR count). The predicted octanol–water partition coefficient (Wildman–Crippen LogP) is 3.34. The summed E-state index contributed by atoms with van der Waals surface area (Å²) in [6.45, 7) is 6.83. The number of anilines is 4. The van der Waals surface area contributed by atoms with Crippen LogP contribution in [0.1, 0.15) is 46.3 Å². The van der Waals surface area contributed by atoms with Gasteiger partial charge in [0.25, 0.3) is 0 Å². The second-order valence-electron chi connectivity index (χ2n) is 10.2. The van der Waals surface area contributed by atoms with Crippen LogP contribution in [0.3, 0.4) is 0 Å². The molecule has 0 aliphatic carbocycles. The van der Waals surface area contributed by atoms with Crippen LogP contribution in [-0.2, 0) is 27.5 Å². The maximum absolute atomic E-state index is 12.3. The molecule has 2 N–H and O–H groups in total. The molecule has 0 radical (unpaired) electrons. The van der Waals surface area contributed by atoms with Gasteiger partial charge >= 0.3 is 5.97 Å². The van der Waals surface area contributed by atoms with Crippen LogP contribution in [-0.4, -0.2) is 73.5 Å². The second kappa shape index (κ2) is 11.7. The van der Waals surface area contributed by atoms with Crippen molar-refractivity contribution in [2.75, 3.05) is 54.2 Å². The number of hydrogen-bond donors (Lipinski definition) is 2. The highest BCUT2D eigenvalue weighted by atomic mass is 32.2. The molecule has 3 aromatic rings. The number of benzene rings is 1. The number of rotatable bonds is 9. The molecule has 1 unspecified atom stereocenters. The van der Waals surface area contributed by atoms with E-state index in [1.54, 1.807) is 26.0 Å². The summed E-state index contributed by atoms with van der Waals surface area (Å²) in [7, 11) is -3.27. The number of carbonyl (C=O) groups excluding carboxylic acids is 1. The van der Waals surface area contributed by atoms with E-state index >= 15 is 0 Å². The van der Waals surface area contributed by atoms with Crippen LogP contribution in [0.2, 0.25) is 0 Å². The fourth-order valence-electron chi connectivity index (χ4n) is 5.17. The van der Waals surface area contributed by atoms with Crippen LogP contribution >= 0.6 is 11.3 Å². The Labute approximate surface area is 238 Å². The van der Waals surface area contributed by atoms with Crippen molar-refractivity contribution in [3.8, 4) is 0 Å². The number of nitrogens with one attached hydrogen (secondary N) is 1. The zero-order chi connectivity index (χ0) is 28.4. The van der Waals surface area contributed by atoms with Crippen molar-refractivity contribution >= 4 is 49.9 Å². The Bertz CT molecular complexity index is 1490. The van der Waals surface area contributed by atoms with E-state index in [-0.39, 0.29) is 19.1 Å². The first kappa shape index (κ1) is 28.2. The van der Waals surface area contributed by atoms with Crippen LogP contribution in [0.25, 0.3) is 0 Å². The lowest BCUT2D eigenvalue weighted by atomic mass is 9.98. The number of sulfone groups is 1. The van der Waals surface area contributed by atoms with Crippen molar-refractivity contribution in [1.29, 1.82) is 0 Å². The van der Waals surface area contributed by atoms with E-state index in [0.29, 0.717) is 33.1 Å². The van der Waals surface area contributed by atoms with Crippen molar-refractivity contribution in [2.45, 2.75) is 44.6 Å². The number of piperidine rings is 1. The van der Waals surface area contributed by atoms with Gasteiger partial charge in [-0.2, -0.15) is 9.97 Å². The minimum atomic E-state index is -3.27. The lowest BCUT2D eigenvalue weighted by molar-refractivity contribution is 0.0531. The molecule has 40 heavy (non-hydrogen) atoms. The molecule has 1 atom stereocenters. The summed E-state index contributed by atoms with van der Waals surface area (Å²) in [5.74, 6) is 1.82. The molecule has 0 bridgehead atoms. The third-order valence-electron chi connectivity index (χ3n) is 7.17. The average molecular weight is 587 g/mol. The molecule has 1 saturated heterocycles. The first-order valence-corrected chi connectivity index (χ1v) is 16.1. The standard InChI is InChI=1S/C27H34N6O5S2/c1-4-38-25(35)22-17(2)28-27(39-22)31-26-29-23(32-12-5-6-19(15-32)16-34)21-11-13-33(24(21)30-26)14-18-7-9-20(10-8-18)40(3,36)37/h7-10,19,34H,4-6,11-16H2,1-3H3,(H,28,29,30,31). The van der Waals surface area contributed by atoms with E-state index in [4.69, 9.17) is 14.7 Å². The van der Waals surface area contributed by atoms with Gasteiger partial charge in [0.05, 0.1) is 17.2 Å². The Morgan fingerprint density at radius 3 is 2.62 bits per heavy atom. The molecule has 13 heteroatoms. The summed E-state index contributed by atoms with van der Waals surface area (Å²) in [4.78, 5) is 31.7. The molecule has 11 nitrogen and oxygen atoms in total. The lowest BCUT2D eigenvalue weighted by Crippen LogP contribution is -2.38. The molecule has 2 aromatic heterocycles. The second-order valence-corrected chi connectivity index (χ2v) is 13.2. The largest absolute Gasteiger partial charge is 0.462 e. The molecular formula is C27H34N6O5S2. The highest BCUT2D eigenvalue weighted by Gasteiger charge is 2.31. The Morgan fingerprint density at radius 2 is 1.93 bits per heavy atom. The highest BCUT2D eigenvalue weighted by molar-refractivity contribution is 7.90. The molecule has 2 aliphatic rings. The lowest BCUT2D eigenvalue weighted by Gasteiger charge is -2.34. The Kier molecular flexibility index (Phi) is 8.24. The van der Waals surface area contributed by atoms with Crippen LogP contribution < -0.4 is 15.1 Å². The first-order valence-electron chi connectivity index (χ1n) is 13.4. The third kappa shape index (κ3) is 6.06. The number of fused-ring (bicyclic) bond motifs is 1. The molecule has 0 amide bonds. The molecular weight excluding hydrogens is 552 g/mol. The third-order valence-corrected chi connectivity index (χ3v) is 9.35. The monoisotopic (exact) mass is 586 g/mol. The first-order chi connectivity index (χ1) is 19.2. The van der Waals surface area contributed by atoms with Gasteiger partial charge in [-0.1, -0.05) is 23.5 Å². The van der Waals surface area contributed by atoms with E-state index in [9.17, 15) is 18.3 Å². The number of nitrogens with zero attached hydrogens (tertiary/aromatic N) is 5. The van der Waals surface area contributed by atoms with Gasteiger partial charge < -0.3 is 19.6 Å². The van der Waals surface area contributed by atoms with E-state index in [1.807, 2.05) is 12.1 Å². The van der Waals surface area contributed by atoms with Crippen LogP contribution in [0, 0.1) is 12.8 Å². The minimum absolute atomic E-state index is 0.138. The molecule has 0 spiro atoms. The predicted molar refractivity (Wildman–Crippen MR) is 154 cm³/mol. The van der Waals surface area contributed by atoms with Crippen LogP contribution in [0.4, 0.5) is 22.7 Å². The number of carbonyl (C=O) groups is 1. The number of aliphatic hydroxyl groups excluding tert-OH is 1. The highest BCUT2D eigenvalue weighted by Crippen LogP contribution is 2.37. The van der Waals surface area contributed by atoms with Gasteiger partial charge in [-0.3, -0.25) is 5.32 Å². The fraction of sp³-hybridized carbons (Fsp3) is 0.481. The minimum Gasteiger partial charge on any atom is -0.462 e. The molecule has 214 valence electrons. The Morgan fingerprint density at radius 1 is 1.18 bits per heavy atom. The summed E-state index contributed by atoms with van der Waals surface area (Å²) in [5.41, 5.74) is 2.61. The van der Waals surface area contributed by atoms with E-state index in [2.05, 4.69) is 20.1 Å². The molecule has 1 aromatic carbocycles. The molecule has 4 heterocycles. The van der Waals surface area contributed by atoms with E-state index < -0.39 is 15.8 Å². The van der Waals surface area contributed by atoms with Crippen LogP contribution in [0.5, 0.6) is 0 Å². The van der Waals surface area contributed by atoms with Gasteiger partial charge in [-0.15, -0.1) is 0 Å². The number of aryl methyl sites for hydroxylation is 1. The number of thiazole rings is 1. The van der Waals surface area contributed by atoms with Gasteiger partial charge in [-0.05, 0) is 56.7 Å². The number of hydrogen-bond acceptors (Lipinski definition) is 12. The van der Waals surface area contributed by atoms with Gasteiger partial charge in [0.1, 0.15) is 16.5 Å². The Hall–Kier alpha value is -3.29. The maximum Gasteiger partial charge on any atom is 0.350 e. The topological polar surface area (TPSA) is 138 Å². The smallest absolute Gasteiger partial charge is 0.350 e. The maximum atomic E-state index is 12.3. The van der Waals surface area contributed by atoms with Gasteiger partial charge in [-0.25, -0.2) is 18.2 Å². The van der Waals surface area contributed by atoms with Crippen molar-refractivity contribution in [1.82, 2.24) is 15.0 Å². The van der Waals surface area contributed by atoms with Crippen molar-refractivity contribution < 1.29 is 23.1 Å². The number of esters is 1. The summed E-state index contributed by atoms with van der Waals surface area (Å²) >= 11 is 1.20.